The summed E-state index contributed by atoms with van der Waals surface area (Å²) in [5.74, 6) is -0.337. The number of halogens is 3. The van der Waals surface area contributed by atoms with Crippen LogP contribution in [0.5, 0.6) is 5.75 Å². The summed E-state index contributed by atoms with van der Waals surface area (Å²) in [6, 6.07) is 5.79. The van der Waals surface area contributed by atoms with Crippen molar-refractivity contribution in [3.05, 3.63) is 47.1 Å². The van der Waals surface area contributed by atoms with Gasteiger partial charge in [0.2, 0.25) is 0 Å². The molecule has 132 valence electrons. The summed E-state index contributed by atoms with van der Waals surface area (Å²) in [6.45, 7) is 6.03. The van der Waals surface area contributed by atoms with Crippen LogP contribution in [0, 0.1) is 5.41 Å². The zero-order chi connectivity index (χ0) is 18.2. The lowest BCUT2D eigenvalue weighted by Crippen LogP contribution is -2.28. The van der Waals surface area contributed by atoms with Gasteiger partial charge in [0.1, 0.15) is 5.75 Å². The molecule has 24 heavy (non-hydrogen) atoms. The lowest BCUT2D eigenvalue weighted by atomic mass is 9.72. The molecule has 1 aliphatic rings. The summed E-state index contributed by atoms with van der Waals surface area (Å²) in [4.78, 5) is 0. The highest BCUT2D eigenvalue weighted by Gasteiger charge is 2.48. The Morgan fingerprint density at radius 3 is 2.42 bits per heavy atom. The molecule has 0 radical (unpaired) electrons. The second-order valence-corrected chi connectivity index (χ2v) is 7.93. The van der Waals surface area contributed by atoms with Gasteiger partial charge in [0.25, 0.3) is 0 Å². The maximum absolute atomic E-state index is 12.6. The number of hydrogen-bond acceptors (Lipinski definition) is 3. The summed E-state index contributed by atoms with van der Waals surface area (Å²) in [7, 11) is -5.70. The Balaban J connectivity index is 2.49. The number of para-hydroxylation sites is 1. The van der Waals surface area contributed by atoms with Crippen molar-refractivity contribution in [3.63, 3.8) is 0 Å². The molecule has 0 fully saturated rings. The van der Waals surface area contributed by atoms with E-state index < -0.39 is 15.6 Å². The zero-order valence-electron chi connectivity index (χ0n) is 13.6. The topological polar surface area (TPSA) is 43.4 Å². The van der Waals surface area contributed by atoms with E-state index in [1.54, 1.807) is 12.1 Å². The average molecular weight is 360 g/mol. The van der Waals surface area contributed by atoms with Crippen LogP contribution in [0.1, 0.15) is 39.2 Å². The van der Waals surface area contributed by atoms with Crippen LogP contribution < -0.4 is 4.18 Å². The first-order valence-electron chi connectivity index (χ1n) is 7.43. The monoisotopic (exact) mass is 360 g/mol. The molecule has 0 atom stereocenters. The van der Waals surface area contributed by atoms with Gasteiger partial charge in [0, 0.05) is 5.56 Å². The Labute approximate surface area is 140 Å². The summed E-state index contributed by atoms with van der Waals surface area (Å²) < 4.78 is 64.6. The molecule has 0 heterocycles. The third-order valence-electron chi connectivity index (χ3n) is 4.08. The van der Waals surface area contributed by atoms with E-state index in [0.29, 0.717) is 5.56 Å². The Kier molecular flexibility index (Phi) is 4.86. The van der Waals surface area contributed by atoms with E-state index >= 15 is 0 Å². The predicted molar refractivity (Wildman–Crippen MR) is 86.8 cm³/mol. The van der Waals surface area contributed by atoms with E-state index in [4.69, 9.17) is 0 Å². The molecular formula is C17H19F3O3S. The number of allylic oxidation sites excluding steroid dienone is 3. The summed E-state index contributed by atoms with van der Waals surface area (Å²) in [5, 5.41) is 0. The predicted octanol–water partition coefficient (Wildman–Crippen LogP) is 5.06. The Morgan fingerprint density at radius 1 is 1.21 bits per heavy atom. The molecule has 2 rings (SSSR count). The number of rotatable bonds is 3. The van der Waals surface area contributed by atoms with Gasteiger partial charge in [-0.3, -0.25) is 0 Å². The van der Waals surface area contributed by atoms with Crippen molar-refractivity contribution < 1.29 is 25.8 Å². The minimum Gasteiger partial charge on any atom is -0.375 e. The van der Waals surface area contributed by atoms with Gasteiger partial charge in [-0.15, -0.1) is 0 Å². The van der Waals surface area contributed by atoms with E-state index in [0.717, 1.165) is 24.0 Å². The number of benzene rings is 1. The van der Waals surface area contributed by atoms with E-state index in [2.05, 4.69) is 10.3 Å². The second kappa shape index (κ2) is 6.27. The zero-order valence-corrected chi connectivity index (χ0v) is 14.5. The van der Waals surface area contributed by atoms with E-state index in [1.807, 2.05) is 20.8 Å². The van der Waals surface area contributed by atoms with E-state index in [1.165, 1.54) is 18.2 Å². The molecule has 0 aliphatic heterocycles. The van der Waals surface area contributed by atoms with Crippen molar-refractivity contribution in [1.29, 1.82) is 0 Å². The largest absolute Gasteiger partial charge is 0.534 e. The molecule has 0 spiro atoms. The molecule has 0 amide bonds. The molecule has 0 unspecified atom stereocenters. The van der Waals surface area contributed by atoms with Gasteiger partial charge < -0.3 is 4.18 Å². The van der Waals surface area contributed by atoms with Crippen LogP contribution >= 0.6 is 0 Å². The highest BCUT2D eigenvalue weighted by molar-refractivity contribution is 7.88. The molecule has 0 N–H and O–H groups in total. The minimum absolute atomic E-state index is 0.158. The van der Waals surface area contributed by atoms with Crippen molar-refractivity contribution in [2.24, 2.45) is 5.41 Å². The fraction of sp³-hybridized carbons (Fsp3) is 0.412. The van der Waals surface area contributed by atoms with Gasteiger partial charge in [0.15, 0.2) is 0 Å². The molecule has 0 bridgehead atoms. The average Bonchev–Trinajstić information content (AvgIpc) is 2.43. The Bertz CT molecular complexity index is 788. The normalized spacial score (nSPS) is 19.9. The van der Waals surface area contributed by atoms with E-state index in [-0.39, 0.29) is 11.2 Å². The van der Waals surface area contributed by atoms with Gasteiger partial charge in [-0.2, -0.15) is 21.6 Å². The first-order valence-corrected chi connectivity index (χ1v) is 8.84. The first-order chi connectivity index (χ1) is 10.9. The quantitative estimate of drug-likeness (QED) is 0.559. The van der Waals surface area contributed by atoms with Gasteiger partial charge in [-0.05, 0) is 42.9 Å². The van der Waals surface area contributed by atoms with Gasteiger partial charge >= 0.3 is 15.6 Å². The standard InChI is InChI=1S/C17H19F3O3S/c1-12-7-6-10-16(2,3)14(12)11-13-8-4-5-9-15(13)23-24(21,22)17(18,19)20/h4-5,7-9,11H,6,10H2,1-3H3/b14-11+. The van der Waals surface area contributed by atoms with Gasteiger partial charge in [0.05, 0.1) is 0 Å². The fourth-order valence-corrected chi connectivity index (χ4v) is 3.22. The summed E-state index contributed by atoms with van der Waals surface area (Å²) >= 11 is 0. The van der Waals surface area contributed by atoms with Crippen molar-refractivity contribution >= 4 is 16.2 Å². The number of hydrogen-bond donors (Lipinski definition) is 0. The lowest BCUT2D eigenvalue weighted by molar-refractivity contribution is -0.0500. The molecule has 0 saturated carbocycles. The van der Waals surface area contributed by atoms with Crippen LogP contribution in [0.25, 0.3) is 6.08 Å². The van der Waals surface area contributed by atoms with Crippen molar-refractivity contribution in [1.82, 2.24) is 0 Å². The summed E-state index contributed by atoms with van der Waals surface area (Å²) in [5.41, 5.74) is -3.35. The minimum atomic E-state index is -5.70. The van der Waals surface area contributed by atoms with Crippen LogP contribution in [0.15, 0.2) is 41.5 Å². The molecule has 3 nitrogen and oxygen atoms in total. The molecule has 7 heteroatoms. The number of alkyl halides is 3. The molecule has 1 aromatic rings. The molecular weight excluding hydrogens is 341 g/mol. The van der Waals surface area contributed by atoms with Gasteiger partial charge in [-0.1, -0.05) is 43.7 Å². The maximum Gasteiger partial charge on any atom is 0.534 e. The SMILES string of the molecule is CC1=CCCC(C)(C)/C1=C/c1ccccc1OS(=O)(=O)C(F)(F)F. The van der Waals surface area contributed by atoms with Crippen LogP contribution in [0.2, 0.25) is 0 Å². The van der Waals surface area contributed by atoms with Crippen molar-refractivity contribution in [3.8, 4) is 5.75 Å². The molecule has 1 aliphatic carbocycles. The van der Waals surface area contributed by atoms with Crippen molar-refractivity contribution in [2.45, 2.75) is 39.1 Å². The third kappa shape index (κ3) is 3.83. The van der Waals surface area contributed by atoms with Gasteiger partial charge in [-0.25, -0.2) is 0 Å². The van der Waals surface area contributed by atoms with Crippen LogP contribution in [-0.4, -0.2) is 13.9 Å². The van der Waals surface area contributed by atoms with E-state index in [9.17, 15) is 21.6 Å². The smallest absolute Gasteiger partial charge is 0.375 e. The highest BCUT2D eigenvalue weighted by Crippen LogP contribution is 2.42. The van der Waals surface area contributed by atoms with Crippen LogP contribution in [-0.2, 0) is 10.1 Å². The van der Waals surface area contributed by atoms with Crippen LogP contribution in [0.3, 0.4) is 0 Å². The van der Waals surface area contributed by atoms with Crippen molar-refractivity contribution in [2.75, 3.05) is 0 Å². The first kappa shape index (κ1) is 18.6. The lowest BCUT2D eigenvalue weighted by Gasteiger charge is -2.32. The molecule has 0 aromatic heterocycles. The second-order valence-electron chi connectivity index (χ2n) is 6.39. The Hall–Kier alpha value is -1.76. The molecule has 0 saturated heterocycles. The highest BCUT2D eigenvalue weighted by atomic mass is 32.2. The maximum atomic E-state index is 12.6. The summed E-state index contributed by atoms with van der Waals surface area (Å²) in [6.07, 6.45) is 5.59. The fourth-order valence-electron chi connectivity index (χ4n) is 2.73. The third-order valence-corrected chi connectivity index (χ3v) is 5.04. The Morgan fingerprint density at radius 2 is 1.83 bits per heavy atom. The van der Waals surface area contributed by atoms with Crippen LogP contribution in [0.4, 0.5) is 13.2 Å². The molecule has 1 aromatic carbocycles.